The second kappa shape index (κ2) is 11.3. The summed E-state index contributed by atoms with van der Waals surface area (Å²) < 4.78 is 62.7. The molecule has 0 spiro atoms. The smallest absolute Gasteiger partial charge is 0.344 e. The van der Waals surface area contributed by atoms with E-state index in [2.05, 4.69) is 30.9 Å². The van der Waals surface area contributed by atoms with Crippen LogP contribution in [0.5, 0.6) is 0 Å². The van der Waals surface area contributed by atoms with Gasteiger partial charge in [0, 0.05) is 5.41 Å². The summed E-state index contributed by atoms with van der Waals surface area (Å²) in [6, 6.07) is 23.8. The van der Waals surface area contributed by atoms with Gasteiger partial charge < -0.3 is 4.74 Å². The van der Waals surface area contributed by atoms with Crippen molar-refractivity contribution in [3.05, 3.63) is 114 Å². The Kier molecular flexibility index (Phi) is 8.07. The summed E-state index contributed by atoms with van der Waals surface area (Å²) in [5.74, 6) is -0.750. The summed E-state index contributed by atoms with van der Waals surface area (Å²) in [5.41, 5.74) is 1.86. The van der Waals surface area contributed by atoms with Gasteiger partial charge in [0.1, 0.15) is 11.7 Å². The third kappa shape index (κ3) is 5.38. The molecule has 2 saturated carbocycles. The van der Waals surface area contributed by atoms with Crippen molar-refractivity contribution in [2.24, 2.45) is 16.7 Å². The molecule has 3 aromatic rings. The molecule has 4 atom stereocenters. The van der Waals surface area contributed by atoms with E-state index in [1.54, 1.807) is 78.9 Å². The summed E-state index contributed by atoms with van der Waals surface area (Å²) in [4.78, 5) is 14.2. The van der Waals surface area contributed by atoms with Crippen LogP contribution < -0.4 is 4.72 Å². The number of hydrogen-bond donors (Lipinski definition) is 1. The molecule has 5 rings (SSSR count). The minimum atomic E-state index is -4.04. The molecule has 3 aromatic carbocycles. The molecule has 0 aliphatic heterocycles. The number of hydrogen-bond acceptors (Lipinski definition) is 6. The summed E-state index contributed by atoms with van der Waals surface area (Å²) in [6.07, 6.45) is 1.30. The molecule has 0 unspecified atom stereocenters. The monoisotopic (exact) mass is 605 g/mol. The maximum absolute atomic E-state index is 13.9. The topological polar surface area (TPSA) is 107 Å². The molecule has 1 N–H and O–H groups in total. The van der Waals surface area contributed by atoms with E-state index in [0.717, 1.165) is 6.42 Å². The van der Waals surface area contributed by atoms with E-state index >= 15 is 0 Å². The Hall–Kier alpha value is -3.49. The second-order valence-electron chi connectivity index (χ2n) is 11.7. The first-order valence-corrected chi connectivity index (χ1v) is 17.1. The molecule has 7 nitrogen and oxygen atoms in total. The Morgan fingerprint density at radius 1 is 0.929 bits per heavy atom. The minimum absolute atomic E-state index is 0.0441. The number of ether oxygens (including phenoxy) is 1. The van der Waals surface area contributed by atoms with Gasteiger partial charge in [-0.15, -0.1) is 5.73 Å². The van der Waals surface area contributed by atoms with Crippen LogP contribution in [0, 0.1) is 16.7 Å². The molecular formula is C33H35NO6S2. The molecule has 0 radical (unpaired) electrons. The van der Waals surface area contributed by atoms with E-state index < -0.39 is 48.8 Å². The number of sulfone groups is 1. The molecule has 0 aromatic heterocycles. The number of carbonyl (C=O) groups excluding carboxylic acids is 1. The minimum Gasteiger partial charge on any atom is -0.458 e. The maximum Gasteiger partial charge on any atom is 0.344 e. The lowest BCUT2D eigenvalue weighted by molar-refractivity contribution is -0.152. The zero-order chi connectivity index (χ0) is 30.2. The standard InChI is InChI=1S/C33H35NO6S2/c1-4-28(30(24-14-8-5-9-15-24)34-42(38,39)27-18-12-7-13-19-27)31(35)40-29-22-25-20-21-33(29,32(25,2)3)23-41(36,37)26-16-10-6-11-17-26/h5-19,25,29-30,34H,1,20-23H2,2-3H3/t25-,29-,30-,33-/m1/s1. The van der Waals surface area contributed by atoms with E-state index in [1.165, 1.54) is 12.1 Å². The number of carbonyl (C=O) groups is 1. The summed E-state index contributed by atoms with van der Waals surface area (Å²) in [7, 11) is -7.73. The molecule has 9 heteroatoms. The Morgan fingerprint density at radius 2 is 1.48 bits per heavy atom. The Bertz CT molecular complexity index is 1710. The van der Waals surface area contributed by atoms with Crippen molar-refractivity contribution < 1.29 is 26.4 Å². The van der Waals surface area contributed by atoms with Gasteiger partial charge >= 0.3 is 5.97 Å². The highest BCUT2D eigenvalue weighted by Gasteiger charge is 2.67. The highest BCUT2D eigenvalue weighted by Crippen LogP contribution is 2.67. The quantitative estimate of drug-likeness (QED) is 0.182. The average Bonchev–Trinajstić information content (AvgIpc) is 3.33. The third-order valence-corrected chi connectivity index (χ3v) is 12.6. The number of fused-ring (bicyclic) bond motifs is 2. The highest BCUT2D eigenvalue weighted by atomic mass is 32.2. The maximum atomic E-state index is 13.9. The second-order valence-corrected chi connectivity index (χ2v) is 15.4. The van der Waals surface area contributed by atoms with Gasteiger partial charge in [0.05, 0.1) is 21.6 Å². The van der Waals surface area contributed by atoms with Gasteiger partial charge in [-0.25, -0.2) is 21.6 Å². The molecule has 220 valence electrons. The molecule has 2 bridgehead atoms. The number of benzene rings is 3. The summed E-state index contributed by atoms with van der Waals surface area (Å²) in [6.45, 7) is 7.82. The molecular weight excluding hydrogens is 570 g/mol. The predicted molar refractivity (Wildman–Crippen MR) is 161 cm³/mol. The number of nitrogens with one attached hydrogen (secondary N) is 1. The van der Waals surface area contributed by atoms with Crippen molar-refractivity contribution in [1.82, 2.24) is 4.72 Å². The van der Waals surface area contributed by atoms with Crippen LogP contribution in [-0.4, -0.2) is 34.7 Å². The summed E-state index contributed by atoms with van der Waals surface area (Å²) >= 11 is 0. The normalized spacial score (nSPS) is 23.6. The van der Waals surface area contributed by atoms with E-state index in [-0.39, 0.29) is 27.0 Å². The van der Waals surface area contributed by atoms with Crippen LogP contribution in [0.25, 0.3) is 0 Å². The molecule has 2 aliphatic carbocycles. The van der Waals surface area contributed by atoms with Crippen molar-refractivity contribution in [2.45, 2.75) is 55.0 Å². The predicted octanol–water partition coefficient (Wildman–Crippen LogP) is 5.63. The fourth-order valence-corrected chi connectivity index (χ4v) is 10.1. The van der Waals surface area contributed by atoms with Crippen molar-refractivity contribution in [3.63, 3.8) is 0 Å². The number of esters is 1. The fourth-order valence-electron chi connectivity index (χ4n) is 6.80. The van der Waals surface area contributed by atoms with Crippen LogP contribution in [-0.2, 0) is 29.4 Å². The van der Waals surface area contributed by atoms with Gasteiger partial charge in [0.15, 0.2) is 9.84 Å². The Morgan fingerprint density at radius 3 is 2.02 bits per heavy atom. The van der Waals surface area contributed by atoms with Crippen LogP contribution in [0.4, 0.5) is 0 Å². The first-order chi connectivity index (χ1) is 19.9. The first kappa shape index (κ1) is 30.0. The Balaban J connectivity index is 1.47. The lowest BCUT2D eigenvalue weighted by Gasteiger charge is -2.41. The van der Waals surface area contributed by atoms with Gasteiger partial charge in [-0.05, 0) is 60.4 Å². The van der Waals surface area contributed by atoms with Gasteiger partial charge in [-0.2, -0.15) is 4.72 Å². The van der Waals surface area contributed by atoms with E-state index in [0.29, 0.717) is 18.4 Å². The summed E-state index contributed by atoms with van der Waals surface area (Å²) in [5, 5.41) is 0. The molecule has 42 heavy (non-hydrogen) atoms. The lowest BCUT2D eigenvalue weighted by Crippen LogP contribution is -2.46. The number of sulfonamides is 1. The van der Waals surface area contributed by atoms with Gasteiger partial charge in [-0.1, -0.05) is 87.2 Å². The van der Waals surface area contributed by atoms with Crippen molar-refractivity contribution in [1.29, 1.82) is 0 Å². The van der Waals surface area contributed by atoms with Crippen LogP contribution in [0.2, 0.25) is 0 Å². The zero-order valence-electron chi connectivity index (χ0n) is 23.7. The fraction of sp³-hybridized carbons (Fsp3) is 0.333. The zero-order valence-corrected chi connectivity index (χ0v) is 25.3. The van der Waals surface area contributed by atoms with Crippen molar-refractivity contribution in [2.75, 3.05) is 5.75 Å². The van der Waals surface area contributed by atoms with Crippen molar-refractivity contribution in [3.8, 4) is 0 Å². The van der Waals surface area contributed by atoms with Crippen molar-refractivity contribution >= 4 is 25.8 Å². The van der Waals surface area contributed by atoms with E-state index in [9.17, 15) is 21.6 Å². The largest absolute Gasteiger partial charge is 0.458 e. The van der Waals surface area contributed by atoms with Gasteiger partial charge in [0.2, 0.25) is 10.0 Å². The van der Waals surface area contributed by atoms with Crippen LogP contribution in [0.15, 0.2) is 119 Å². The van der Waals surface area contributed by atoms with E-state index in [1.807, 2.05) is 0 Å². The first-order valence-electron chi connectivity index (χ1n) is 13.9. The number of rotatable bonds is 10. The third-order valence-electron chi connectivity index (χ3n) is 9.32. The highest BCUT2D eigenvalue weighted by molar-refractivity contribution is 7.91. The lowest BCUT2D eigenvalue weighted by atomic mass is 9.69. The Labute approximate surface area is 248 Å². The molecule has 0 saturated heterocycles. The van der Waals surface area contributed by atoms with Crippen LogP contribution in [0.3, 0.4) is 0 Å². The SMILES string of the molecule is C=C=C(C(=O)O[C@@H]1C[C@H]2CC[C@]1(CS(=O)(=O)c1ccccc1)C2(C)C)[C@H](NS(=O)(=O)c1ccccc1)c1ccccc1. The molecule has 2 fully saturated rings. The van der Waals surface area contributed by atoms with E-state index in [4.69, 9.17) is 4.74 Å². The molecule has 0 heterocycles. The van der Waals surface area contributed by atoms with Crippen LogP contribution >= 0.6 is 0 Å². The van der Waals surface area contributed by atoms with Gasteiger partial charge in [-0.3, -0.25) is 0 Å². The van der Waals surface area contributed by atoms with Gasteiger partial charge in [0.25, 0.3) is 0 Å². The molecule has 2 aliphatic rings. The average molecular weight is 606 g/mol. The van der Waals surface area contributed by atoms with Crippen LogP contribution in [0.1, 0.15) is 44.7 Å². The molecule has 0 amide bonds.